The van der Waals surface area contributed by atoms with Gasteiger partial charge in [-0.25, -0.2) is 4.79 Å². The molecule has 0 unspecified atom stereocenters. The fourth-order valence-electron chi connectivity index (χ4n) is 2.35. The molecule has 128 valence electrons. The first-order valence-electron chi connectivity index (χ1n) is 8.06. The third kappa shape index (κ3) is 6.19. The maximum absolute atomic E-state index is 11.0. The highest BCUT2D eigenvalue weighted by molar-refractivity contribution is 5.81. The van der Waals surface area contributed by atoms with Gasteiger partial charge < -0.3 is 9.47 Å². The second kappa shape index (κ2) is 7.78. The van der Waals surface area contributed by atoms with Gasteiger partial charge in [-0.05, 0) is 27.5 Å². The summed E-state index contributed by atoms with van der Waals surface area (Å²) in [7, 11) is 0. The summed E-state index contributed by atoms with van der Waals surface area (Å²) in [5, 5.41) is 0. The standard InChI is InChI=1S/C20H30O3/c1-8-18(21)23-12-11-22-14-15-13-16(19(2,3)4)9-10-17(15)20(5,6)7/h8-10,13H,1,11-12,14H2,2-7H3. The maximum atomic E-state index is 11.0. The molecule has 0 fully saturated rings. The van der Waals surface area contributed by atoms with Gasteiger partial charge in [0.15, 0.2) is 0 Å². The molecule has 0 aliphatic heterocycles. The Balaban J connectivity index is 2.81. The normalized spacial score (nSPS) is 12.1. The molecule has 1 aromatic carbocycles. The monoisotopic (exact) mass is 318 g/mol. The molecule has 3 nitrogen and oxygen atoms in total. The summed E-state index contributed by atoms with van der Waals surface area (Å²) in [6, 6.07) is 6.64. The van der Waals surface area contributed by atoms with E-state index in [4.69, 9.17) is 9.47 Å². The maximum Gasteiger partial charge on any atom is 0.330 e. The van der Waals surface area contributed by atoms with Gasteiger partial charge in [0, 0.05) is 6.08 Å². The van der Waals surface area contributed by atoms with Crippen molar-refractivity contribution >= 4 is 5.97 Å². The van der Waals surface area contributed by atoms with E-state index >= 15 is 0 Å². The van der Waals surface area contributed by atoms with E-state index in [0.717, 1.165) is 6.08 Å². The Morgan fingerprint density at radius 2 is 1.74 bits per heavy atom. The number of carbonyl (C=O) groups excluding carboxylic acids is 1. The fraction of sp³-hybridized carbons (Fsp3) is 0.550. The van der Waals surface area contributed by atoms with E-state index in [-0.39, 0.29) is 17.4 Å². The highest BCUT2D eigenvalue weighted by Crippen LogP contribution is 2.31. The third-order valence-electron chi connectivity index (χ3n) is 3.68. The Hall–Kier alpha value is -1.61. The van der Waals surface area contributed by atoms with Gasteiger partial charge in [0.2, 0.25) is 0 Å². The van der Waals surface area contributed by atoms with Crippen LogP contribution in [0.5, 0.6) is 0 Å². The van der Waals surface area contributed by atoms with Gasteiger partial charge in [-0.3, -0.25) is 0 Å². The van der Waals surface area contributed by atoms with E-state index in [0.29, 0.717) is 13.2 Å². The van der Waals surface area contributed by atoms with Crippen LogP contribution in [0.1, 0.15) is 58.2 Å². The lowest BCUT2D eigenvalue weighted by atomic mass is 9.79. The molecule has 0 aliphatic carbocycles. The molecule has 0 radical (unpaired) electrons. The van der Waals surface area contributed by atoms with Gasteiger partial charge in [0.25, 0.3) is 0 Å². The highest BCUT2D eigenvalue weighted by Gasteiger charge is 2.21. The van der Waals surface area contributed by atoms with Gasteiger partial charge in [-0.2, -0.15) is 0 Å². The quantitative estimate of drug-likeness (QED) is 0.439. The lowest BCUT2D eigenvalue weighted by molar-refractivity contribution is -0.139. The molecular formula is C20H30O3. The molecule has 0 aromatic heterocycles. The number of carbonyl (C=O) groups is 1. The van der Waals surface area contributed by atoms with Gasteiger partial charge in [-0.1, -0.05) is 66.3 Å². The molecule has 23 heavy (non-hydrogen) atoms. The van der Waals surface area contributed by atoms with Crippen molar-refractivity contribution in [1.82, 2.24) is 0 Å². The summed E-state index contributed by atoms with van der Waals surface area (Å²) >= 11 is 0. The van der Waals surface area contributed by atoms with Crippen molar-refractivity contribution in [3.63, 3.8) is 0 Å². The van der Waals surface area contributed by atoms with Crippen molar-refractivity contribution in [1.29, 1.82) is 0 Å². The number of benzene rings is 1. The number of ether oxygens (including phenoxy) is 2. The first-order chi connectivity index (χ1) is 10.6. The number of hydrogen-bond acceptors (Lipinski definition) is 3. The van der Waals surface area contributed by atoms with Crippen LogP contribution in [0.2, 0.25) is 0 Å². The molecule has 1 aromatic rings. The van der Waals surface area contributed by atoms with Gasteiger partial charge >= 0.3 is 5.97 Å². The molecule has 0 N–H and O–H groups in total. The molecule has 0 aliphatic rings. The molecule has 0 saturated heterocycles. The largest absolute Gasteiger partial charge is 0.460 e. The molecule has 3 heteroatoms. The minimum absolute atomic E-state index is 0.0599. The first kappa shape index (κ1) is 19.4. The topological polar surface area (TPSA) is 35.5 Å². The second-order valence-corrected chi connectivity index (χ2v) is 7.80. The minimum Gasteiger partial charge on any atom is -0.460 e. The first-order valence-corrected chi connectivity index (χ1v) is 8.06. The van der Waals surface area contributed by atoms with Crippen LogP contribution in [0.25, 0.3) is 0 Å². The summed E-state index contributed by atoms with van der Waals surface area (Å²) in [4.78, 5) is 11.0. The van der Waals surface area contributed by atoms with Crippen LogP contribution in [0.15, 0.2) is 30.9 Å². The minimum atomic E-state index is -0.418. The highest BCUT2D eigenvalue weighted by atomic mass is 16.6. The molecule has 0 heterocycles. The molecule has 1 rings (SSSR count). The van der Waals surface area contributed by atoms with Gasteiger partial charge in [0.1, 0.15) is 6.61 Å². The van der Waals surface area contributed by atoms with Crippen LogP contribution in [0.4, 0.5) is 0 Å². The van der Waals surface area contributed by atoms with Crippen molar-refractivity contribution in [3.05, 3.63) is 47.5 Å². The average Bonchev–Trinajstić information content (AvgIpc) is 2.44. The Kier molecular flexibility index (Phi) is 6.57. The zero-order chi connectivity index (χ0) is 17.7. The summed E-state index contributed by atoms with van der Waals surface area (Å²) < 4.78 is 10.6. The smallest absolute Gasteiger partial charge is 0.330 e. The van der Waals surface area contributed by atoms with Crippen LogP contribution >= 0.6 is 0 Å². The zero-order valence-corrected chi connectivity index (χ0v) is 15.4. The average molecular weight is 318 g/mol. The van der Waals surface area contributed by atoms with Crippen molar-refractivity contribution < 1.29 is 14.3 Å². The van der Waals surface area contributed by atoms with Crippen LogP contribution in [0, 0.1) is 0 Å². The summed E-state index contributed by atoms with van der Waals surface area (Å²) in [6.07, 6.45) is 1.16. The Bertz CT molecular complexity index is 545. The lowest BCUT2D eigenvalue weighted by Crippen LogP contribution is -2.18. The van der Waals surface area contributed by atoms with Crippen molar-refractivity contribution in [2.75, 3.05) is 13.2 Å². The molecule has 0 amide bonds. The van der Waals surface area contributed by atoms with Crippen molar-refractivity contribution in [2.24, 2.45) is 0 Å². The molecule has 0 spiro atoms. The third-order valence-corrected chi connectivity index (χ3v) is 3.68. The molecular weight excluding hydrogens is 288 g/mol. The van der Waals surface area contributed by atoms with Crippen molar-refractivity contribution in [3.8, 4) is 0 Å². The molecule has 0 saturated carbocycles. The van der Waals surface area contributed by atoms with Crippen LogP contribution in [0.3, 0.4) is 0 Å². The Morgan fingerprint density at radius 3 is 2.26 bits per heavy atom. The van der Waals surface area contributed by atoms with E-state index in [1.807, 2.05) is 0 Å². The van der Waals surface area contributed by atoms with E-state index in [1.54, 1.807) is 0 Å². The Morgan fingerprint density at radius 1 is 1.09 bits per heavy atom. The van der Waals surface area contributed by atoms with Crippen LogP contribution in [-0.4, -0.2) is 19.2 Å². The van der Waals surface area contributed by atoms with E-state index in [1.165, 1.54) is 16.7 Å². The predicted molar refractivity (Wildman–Crippen MR) is 94.7 cm³/mol. The Labute approximate surface area is 140 Å². The van der Waals surface area contributed by atoms with Crippen LogP contribution in [-0.2, 0) is 31.7 Å². The summed E-state index contributed by atoms with van der Waals surface area (Å²) in [5.41, 5.74) is 3.94. The molecule has 0 atom stereocenters. The summed E-state index contributed by atoms with van der Waals surface area (Å²) in [5.74, 6) is -0.418. The number of hydrogen-bond donors (Lipinski definition) is 0. The van der Waals surface area contributed by atoms with E-state index in [9.17, 15) is 4.79 Å². The number of esters is 1. The predicted octanol–water partition coefficient (Wildman–Crippen LogP) is 4.53. The summed E-state index contributed by atoms with van der Waals surface area (Å²) in [6.45, 7) is 17.7. The van der Waals surface area contributed by atoms with E-state index in [2.05, 4.69) is 66.3 Å². The van der Waals surface area contributed by atoms with E-state index < -0.39 is 5.97 Å². The zero-order valence-electron chi connectivity index (χ0n) is 15.4. The number of rotatable bonds is 6. The van der Waals surface area contributed by atoms with Crippen molar-refractivity contribution in [2.45, 2.75) is 59.0 Å². The lowest BCUT2D eigenvalue weighted by Gasteiger charge is -2.27. The SMILES string of the molecule is C=CC(=O)OCCOCc1cc(C(C)(C)C)ccc1C(C)(C)C. The molecule has 0 bridgehead atoms. The fourth-order valence-corrected chi connectivity index (χ4v) is 2.35. The second-order valence-electron chi connectivity index (χ2n) is 7.80. The van der Waals surface area contributed by atoms with Gasteiger partial charge in [0.05, 0.1) is 13.2 Å². The van der Waals surface area contributed by atoms with Crippen LogP contribution < -0.4 is 0 Å². The van der Waals surface area contributed by atoms with Gasteiger partial charge in [-0.15, -0.1) is 0 Å².